The molecule has 0 aromatic heterocycles. The van der Waals surface area contributed by atoms with Crippen LogP contribution in [0.15, 0.2) is 34.5 Å². The maximum atomic E-state index is 12.0. The van der Waals surface area contributed by atoms with Crippen LogP contribution in [0, 0.1) is 0 Å². The van der Waals surface area contributed by atoms with E-state index in [4.69, 9.17) is 5.11 Å². The van der Waals surface area contributed by atoms with Gasteiger partial charge in [-0.25, -0.2) is 0 Å². The Morgan fingerprint density at radius 2 is 2.04 bits per heavy atom. The Labute approximate surface area is 137 Å². The summed E-state index contributed by atoms with van der Waals surface area (Å²) in [6, 6.07) is 4.94. The fraction of sp³-hybridized carbons (Fsp3) is 0.231. The average Bonchev–Trinajstić information content (AvgIpc) is 2.79. The van der Waals surface area contributed by atoms with Crippen molar-refractivity contribution < 1.29 is 32.6 Å². The van der Waals surface area contributed by atoms with Crippen molar-refractivity contribution in [2.24, 2.45) is 10.2 Å². The van der Waals surface area contributed by atoms with Crippen LogP contribution in [0.25, 0.3) is 0 Å². The van der Waals surface area contributed by atoms with Gasteiger partial charge in [0, 0.05) is 0 Å². The number of carboxylic acids is 1. The highest BCUT2D eigenvalue weighted by molar-refractivity contribution is 8.15. The minimum atomic E-state index is -4.76. The highest BCUT2D eigenvalue weighted by Gasteiger charge is 2.32. The minimum absolute atomic E-state index is 0.152. The summed E-state index contributed by atoms with van der Waals surface area (Å²) in [5.41, 5.74) is 0.463. The van der Waals surface area contributed by atoms with E-state index >= 15 is 0 Å². The molecule has 1 saturated heterocycles. The summed E-state index contributed by atoms with van der Waals surface area (Å²) in [5.74, 6) is -1.93. The summed E-state index contributed by atoms with van der Waals surface area (Å²) in [7, 11) is 0. The van der Waals surface area contributed by atoms with Gasteiger partial charge in [-0.2, -0.15) is 5.10 Å². The number of benzene rings is 1. The molecule has 7 nitrogen and oxygen atoms in total. The normalized spacial score (nSPS) is 19.7. The van der Waals surface area contributed by atoms with Crippen molar-refractivity contribution in [2.75, 3.05) is 0 Å². The smallest absolute Gasteiger partial charge is 0.481 e. The summed E-state index contributed by atoms with van der Waals surface area (Å²) in [6.45, 7) is 0. The predicted molar refractivity (Wildman–Crippen MR) is 79.9 cm³/mol. The first kappa shape index (κ1) is 17.8. The van der Waals surface area contributed by atoms with Crippen molar-refractivity contribution >= 4 is 35.0 Å². The molecule has 0 spiro atoms. The average molecular weight is 361 g/mol. The van der Waals surface area contributed by atoms with Crippen LogP contribution >= 0.6 is 11.8 Å². The molecule has 1 aliphatic rings. The monoisotopic (exact) mass is 361 g/mol. The van der Waals surface area contributed by atoms with Gasteiger partial charge in [-0.1, -0.05) is 11.8 Å². The Kier molecular flexibility index (Phi) is 5.44. The van der Waals surface area contributed by atoms with Gasteiger partial charge in [-0.15, -0.1) is 18.3 Å². The number of nitrogens with one attached hydrogen (secondary N) is 1. The zero-order chi connectivity index (χ0) is 17.7. The zero-order valence-corrected chi connectivity index (χ0v) is 12.6. The Hall–Kier alpha value is -2.56. The highest BCUT2D eigenvalue weighted by atomic mass is 32.2. The third kappa shape index (κ3) is 5.57. The van der Waals surface area contributed by atoms with Crippen molar-refractivity contribution in [3.63, 3.8) is 0 Å². The first-order valence-electron chi connectivity index (χ1n) is 6.39. The first-order valence-corrected chi connectivity index (χ1v) is 7.27. The van der Waals surface area contributed by atoms with E-state index in [2.05, 4.69) is 20.3 Å². The molecule has 1 aliphatic heterocycles. The molecule has 1 unspecified atom stereocenters. The first-order chi connectivity index (χ1) is 11.2. The number of carboxylic acid groups (broad SMARTS) is 1. The highest BCUT2D eigenvalue weighted by Crippen LogP contribution is 2.23. The molecule has 1 atom stereocenters. The van der Waals surface area contributed by atoms with Crippen LogP contribution in [0.4, 0.5) is 13.2 Å². The van der Waals surface area contributed by atoms with E-state index in [0.717, 1.165) is 23.9 Å². The molecule has 1 fully saturated rings. The third-order valence-corrected chi connectivity index (χ3v) is 3.68. The second-order valence-electron chi connectivity index (χ2n) is 4.46. The van der Waals surface area contributed by atoms with E-state index in [9.17, 15) is 22.8 Å². The molecule has 1 heterocycles. The largest absolute Gasteiger partial charge is 0.573 e. The van der Waals surface area contributed by atoms with Crippen molar-refractivity contribution in [1.29, 1.82) is 0 Å². The SMILES string of the molecule is O=C(O)CC1SC(=NN=Cc2ccc(OC(F)(F)F)cc2)NC1=O. The molecule has 11 heteroatoms. The number of ether oxygens (including phenoxy) is 1. The number of halogens is 3. The molecule has 0 aliphatic carbocycles. The van der Waals surface area contributed by atoms with E-state index in [1.54, 1.807) is 0 Å². The summed E-state index contributed by atoms with van der Waals surface area (Å²) in [5, 5.41) is 17.8. The second kappa shape index (κ2) is 7.34. The lowest BCUT2D eigenvalue weighted by atomic mass is 10.2. The van der Waals surface area contributed by atoms with Gasteiger partial charge in [0.05, 0.1) is 12.6 Å². The molecule has 0 saturated carbocycles. The molecular weight excluding hydrogens is 351 g/mol. The van der Waals surface area contributed by atoms with E-state index in [1.807, 2.05) is 0 Å². The molecule has 1 aromatic rings. The predicted octanol–water partition coefficient (Wildman–Crippen LogP) is 1.98. The van der Waals surface area contributed by atoms with Crippen molar-refractivity contribution in [1.82, 2.24) is 5.32 Å². The van der Waals surface area contributed by atoms with Gasteiger partial charge < -0.3 is 15.2 Å². The van der Waals surface area contributed by atoms with Crippen LogP contribution in [0.3, 0.4) is 0 Å². The number of amides is 1. The maximum Gasteiger partial charge on any atom is 0.573 e. The van der Waals surface area contributed by atoms with Crippen LogP contribution in [-0.2, 0) is 9.59 Å². The lowest BCUT2D eigenvalue weighted by molar-refractivity contribution is -0.274. The summed E-state index contributed by atoms with van der Waals surface area (Å²) >= 11 is 0.941. The van der Waals surface area contributed by atoms with E-state index in [0.29, 0.717) is 5.56 Å². The lowest BCUT2D eigenvalue weighted by Gasteiger charge is -2.08. The molecular formula is C13H10F3N3O4S. The second-order valence-corrected chi connectivity index (χ2v) is 5.65. The number of amidine groups is 1. The Morgan fingerprint density at radius 3 is 2.62 bits per heavy atom. The van der Waals surface area contributed by atoms with Crippen molar-refractivity contribution in [2.45, 2.75) is 18.0 Å². The van der Waals surface area contributed by atoms with Gasteiger partial charge in [0.25, 0.3) is 0 Å². The van der Waals surface area contributed by atoms with Gasteiger partial charge in [0.2, 0.25) is 5.91 Å². The van der Waals surface area contributed by atoms with Gasteiger partial charge in [0.1, 0.15) is 11.0 Å². The lowest BCUT2D eigenvalue weighted by Crippen LogP contribution is -2.26. The van der Waals surface area contributed by atoms with Crippen LogP contribution in [-0.4, -0.2) is 40.0 Å². The van der Waals surface area contributed by atoms with Crippen LogP contribution in [0.1, 0.15) is 12.0 Å². The Morgan fingerprint density at radius 1 is 1.38 bits per heavy atom. The maximum absolute atomic E-state index is 12.0. The molecule has 128 valence electrons. The fourth-order valence-corrected chi connectivity index (χ4v) is 2.56. The fourth-order valence-electron chi connectivity index (χ4n) is 1.65. The van der Waals surface area contributed by atoms with Crippen molar-refractivity contribution in [3.05, 3.63) is 29.8 Å². The van der Waals surface area contributed by atoms with Crippen LogP contribution in [0.2, 0.25) is 0 Å². The van der Waals surface area contributed by atoms with E-state index < -0.39 is 23.5 Å². The molecule has 0 radical (unpaired) electrons. The number of thioether (sulfide) groups is 1. The molecule has 24 heavy (non-hydrogen) atoms. The van der Waals surface area contributed by atoms with E-state index in [1.165, 1.54) is 18.3 Å². The topological polar surface area (TPSA) is 100 Å². The molecule has 2 rings (SSSR count). The number of rotatable bonds is 5. The minimum Gasteiger partial charge on any atom is -0.481 e. The molecule has 2 N–H and O–H groups in total. The number of hydrogen-bond donors (Lipinski definition) is 2. The molecule has 1 aromatic carbocycles. The number of nitrogens with zero attached hydrogens (tertiary/aromatic N) is 2. The Bertz CT molecular complexity index is 689. The van der Waals surface area contributed by atoms with E-state index in [-0.39, 0.29) is 17.3 Å². The Balaban J connectivity index is 1.94. The van der Waals surface area contributed by atoms with Crippen LogP contribution < -0.4 is 10.1 Å². The standard InChI is InChI=1S/C13H10F3N3O4S/c14-13(15,16)23-8-3-1-7(2-4-8)6-17-19-12-18-11(22)9(24-12)5-10(20)21/h1-4,6,9H,5H2,(H,20,21)(H,18,19,22). The van der Waals surface area contributed by atoms with Gasteiger partial charge in [-0.3, -0.25) is 9.59 Å². The van der Waals surface area contributed by atoms with Gasteiger partial charge in [-0.05, 0) is 29.8 Å². The van der Waals surface area contributed by atoms with Gasteiger partial charge in [0.15, 0.2) is 5.17 Å². The van der Waals surface area contributed by atoms with Crippen LogP contribution in [0.5, 0.6) is 5.75 Å². The zero-order valence-electron chi connectivity index (χ0n) is 11.8. The number of alkyl halides is 3. The number of hydrogen-bond acceptors (Lipinski definition) is 6. The molecule has 0 bridgehead atoms. The quantitative estimate of drug-likeness (QED) is 0.617. The summed E-state index contributed by atoms with van der Waals surface area (Å²) in [4.78, 5) is 22.0. The number of carbonyl (C=O) groups excluding carboxylic acids is 1. The number of aliphatic carboxylic acids is 1. The number of carbonyl (C=O) groups is 2. The summed E-state index contributed by atoms with van der Waals surface area (Å²) in [6.07, 6.45) is -3.83. The van der Waals surface area contributed by atoms with Gasteiger partial charge >= 0.3 is 12.3 Å². The molecule has 1 amide bonds. The summed E-state index contributed by atoms with van der Waals surface area (Å²) < 4.78 is 39.8. The van der Waals surface area contributed by atoms with Crippen molar-refractivity contribution in [3.8, 4) is 5.75 Å². The third-order valence-electron chi connectivity index (χ3n) is 2.61.